The van der Waals surface area contributed by atoms with Crippen LogP contribution in [-0.4, -0.2) is 43.3 Å². The monoisotopic (exact) mass is 361 g/mol. The summed E-state index contributed by atoms with van der Waals surface area (Å²) in [6, 6.07) is 5.65. The molecular weight excluding hydrogens is 334 g/mol. The third-order valence-corrected chi connectivity index (χ3v) is 5.12. The molecule has 1 saturated heterocycles. The zero-order chi connectivity index (χ0) is 18.6. The van der Waals surface area contributed by atoms with Crippen LogP contribution in [0.4, 0.5) is 4.79 Å². The van der Waals surface area contributed by atoms with Crippen LogP contribution in [0.25, 0.3) is 0 Å². The Morgan fingerprint density at radius 1 is 1.15 bits per heavy atom. The van der Waals surface area contributed by atoms with Crippen LogP contribution >= 0.6 is 0 Å². The van der Waals surface area contributed by atoms with E-state index in [0.717, 1.165) is 23.5 Å². The number of fused-ring (bicyclic) bond motifs is 1. The van der Waals surface area contributed by atoms with Gasteiger partial charge in [0.05, 0.1) is 0 Å². The predicted octanol–water partition coefficient (Wildman–Crippen LogP) is 2.25. The Labute approximate surface area is 154 Å². The lowest BCUT2D eigenvalue weighted by Crippen LogP contribution is -2.51. The topological polar surface area (TPSA) is 79.9 Å². The summed E-state index contributed by atoms with van der Waals surface area (Å²) in [7, 11) is 0. The average molecular weight is 361 g/mol. The van der Waals surface area contributed by atoms with Gasteiger partial charge in [0, 0.05) is 31.6 Å². The fourth-order valence-electron chi connectivity index (χ4n) is 3.22. The second-order valence-corrected chi connectivity index (χ2v) is 7.15. The van der Waals surface area contributed by atoms with Crippen LogP contribution in [0.1, 0.15) is 38.7 Å². The molecule has 2 N–H and O–H groups in total. The van der Waals surface area contributed by atoms with Gasteiger partial charge in [0.1, 0.15) is 0 Å². The van der Waals surface area contributed by atoms with Crippen molar-refractivity contribution >= 4 is 11.9 Å². The average Bonchev–Trinajstić information content (AvgIpc) is 3.12. The van der Waals surface area contributed by atoms with E-state index in [2.05, 4.69) is 10.6 Å². The molecule has 2 aliphatic heterocycles. The van der Waals surface area contributed by atoms with E-state index in [-0.39, 0.29) is 18.7 Å². The van der Waals surface area contributed by atoms with Crippen LogP contribution in [-0.2, 0) is 11.3 Å². The smallest absolute Gasteiger partial charge is 0.317 e. The first kappa shape index (κ1) is 18.4. The number of nitrogens with one attached hydrogen (secondary N) is 2. The van der Waals surface area contributed by atoms with Gasteiger partial charge in [-0.1, -0.05) is 19.9 Å². The number of hydrogen-bond donors (Lipinski definition) is 2. The van der Waals surface area contributed by atoms with Crippen molar-refractivity contribution in [1.82, 2.24) is 15.5 Å². The summed E-state index contributed by atoms with van der Waals surface area (Å²) >= 11 is 0. The Hall–Kier alpha value is -2.44. The maximum absolute atomic E-state index is 12.7. The van der Waals surface area contributed by atoms with Crippen LogP contribution in [0.5, 0.6) is 11.5 Å². The molecule has 3 amide bonds. The Balaban J connectivity index is 1.49. The molecule has 1 aromatic rings. The molecule has 2 aliphatic rings. The molecule has 7 heteroatoms. The largest absolute Gasteiger partial charge is 0.454 e. The Kier molecular flexibility index (Phi) is 5.54. The normalized spacial score (nSPS) is 17.7. The van der Waals surface area contributed by atoms with E-state index < -0.39 is 5.41 Å². The number of piperidine rings is 1. The molecular formula is C19H27N3O4. The van der Waals surface area contributed by atoms with Gasteiger partial charge in [0.15, 0.2) is 11.5 Å². The third-order valence-electron chi connectivity index (χ3n) is 5.12. The molecule has 0 unspecified atom stereocenters. The van der Waals surface area contributed by atoms with Crippen LogP contribution < -0.4 is 20.1 Å². The maximum atomic E-state index is 12.7. The molecule has 3 rings (SSSR count). The summed E-state index contributed by atoms with van der Waals surface area (Å²) in [5, 5.41) is 5.91. The number of carbonyl (C=O) groups excluding carboxylic acids is 2. The second-order valence-electron chi connectivity index (χ2n) is 7.15. The molecule has 0 aliphatic carbocycles. The maximum Gasteiger partial charge on any atom is 0.317 e. The van der Waals surface area contributed by atoms with Gasteiger partial charge in [-0.2, -0.15) is 0 Å². The number of likely N-dealkylation sites (tertiary alicyclic amines) is 1. The van der Waals surface area contributed by atoms with Crippen LogP contribution in [0.3, 0.4) is 0 Å². The zero-order valence-corrected chi connectivity index (χ0v) is 15.5. The van der Waals surface area contributed by atoms with Gasteiger partial charge < -0.3 is 25.0 Å². The highest BCUT2D eigenvalue weighted by Gasteiger charge is 2.37. The summed E-state index contributed by atoms with van der Waals surface area (Å²) < 4.78 is 10.7. The lowest BCUT2D eigenvalue weighted by Gasteiger charge is -2.38. The van der Waals surface area contributed by atoms with Crippen molar-refractivity contribution in [1.29, 1.82) is 0 Å². The molecule has 0 atom stereocenters. The van der Waals surface area contributed by atoms with Gasteiger partial charge in [-0.05, 0) is 37.0 Å². The molecule has 0 radical (unpaired) electrons. The Morgan fingerprint density at radius 2 is 1.88 bits per heavy atom. The number of benzene rings is 1. The molecule has 7 nitrogen and oxygen atoms in total. The minimum Gasteiger partial charge on any atom is -0.454 e. The van der Waals surface area contributed by atoms with Gasteiger partial charge in [0.2, 0.25) is 12.7 Å². The highest BCUT2D eigenvalue weighted by atomic mass is 16.7. The molecule has 0 bridgehead atoms. The number of urea groups is 1. The van der Waals surface area contributed by atoms with Gasteiger partial charge >= 0.3 is 6.03 Å². The SMILES string of the molecule is CCCNC(=O)N1CCC(C)(C(=O)NCc2ccc3c(c2)OCO3)CC1. The van der Waals surface area contributed by atoms with Crippen molar-refractivity contribution in [2.75, 3.05) is 26.4 Å². The summed E-state index contributed by atoms with van der Waals surface area (Å²) in [5.41, 5.74) is 0.528. The van der Waals surface area contributed by atoms with E-state index in [1.165, 1.54) is 0 Å². The molecule has 1 aromatic carbocycles. The number of ether oxygens (including phenoxy) is 2. The predicted molar refractivity (Wildman–Crippen MR) is 97.0 cm³/mol. The first-order valence-corrected chi connectivity index (χ1v) is 9.21. The van der Waals surface area contributed by atoms with Crippen LogP contribution in [0.15, 0.2) is 18.2 Å². The number of nitrogens with zero attached hydrogens (tertiary/aromatic N) is 1. The van der Waals surface area contributed by atoms with Gasteiger partial charge in [-0.15, -0.1) is 0 Å². The van der Waals surface area contributed by atoms with E-state index in [1.54, 1.807) is 4.90 Å². The van der Waals surface area contributed by atoms with E-state index >= 15 is 0 Å². The molecule has 26 heavy (non-hydrogen) atoms. The van der Waals surface area contributed by atoms with E-state index in [9.17, 15) is 9.59 Å². The van der Waals surface area contributed by atoms with Crippen molar-refractivity contribution in [2.45, 2.75) is 39.7 Å². The summed E-state index contributed by atoms with van der Waals surface area (Å²) in [6.45, 7) is 6.58. The third kappa shape index (κ3) is 4.03. The molecule has 142 valence electrons. The molecule has 0 saturated carbocycles. The summed E-state index contributed by atoms with van der Waals surface area (Å²) in [4.78, 5) is 26.5. The van der Waals surface area contributed by atoms with Crippen molar-refractivity contribution in [3.05, 3.63) is 23.8 Å². The molecule has 1 fully saturated rings. The van der Waals surface area contributed by atoms with E-state index in [4.69, 9.17) is 9.47 Å². The molecule has 0 spiro atoms. The highest BCUT2D eigenvalue weighted by Crippen LogP contribution is 2.33. The van der Waals surface area contributed by atoms with E-state index in [0.29, 0.717) is 39.0 Å². The Bertz CT molecular complexity index is 669. The minimum absolute atomic E-state index is 0.0313. The Morgan fingerprint density at radius 3 is 2.62 bits per heavy atom. The zero-order valence-electron chi connectivity index (χ0n) is 15.5. The lowest BCUT2D eigenvalue weighted by atomic mass is 9.79. The standard InChI is InChI=1S/C19H27N3O4/c1-3-8-20-18(24)22-9-6-19(2,7-10-22)17(23)21-12-14-4-5-15-16(11-14)26-13-25-15/h4-5,11H,3,6-10,12-13H2,1-2H3,(H,20,24)(H,21,23). The number of carbonyl (C=O) groups is 2. The highest BCUT2D eigenvalue weighted by molar-refractivity contribution is 5.83. The van der Waals surface area contributed by atoms with Crippen LogP contribution in [0.2, 0.25) is 0 Å². The summed E-state index contributed by atoms with van der Waals surface area (Å²) in [6.07, 6.45) is 2.25. The number of hydrogen-bond acceptors (Lipinski definition) is 4. The lowest BCUT2D eigenvalue weighted by molar-refractivity contribution is -0.132. The fourth-order valence-corrected chi connectivity index (χ4v) is 3.22. The van der Waals surface area contributed by atoms with Crippen molar-refractivity contribution < 1.29 is 19.1 Å². The van der Waals surface area contributed by atoms with Crippen molar-refractivity contribution in [3.8, 4) is 11.5 Å². The molecule has 0 aromatic heterocycles. The quantitative estimate of drug-likeness (QED) is 0.843. The van der Waals surface area contributed by atoms with Crippen molar-refractivity contribution in [3.63, 3.8) is 0 Å². The second kappa shape index (κ2) is 7.85. The van der Waals surface area contributed by atoms with Crippen molar-refractivity contribution in [2.24, 2.45) is 5.41 Å². The first-order chi connectivity index (χ1) is 12.5. The number of rotatable bonds is 5. The fraction of sp³-hybridized carbons (Fsp3) is 0.579. The summed E-state index contributed by atoms with van der Waals surface area (Å²) in [5.74, 6) is 1.49. The van der Waals surface area contributed by atoms with E-state index in [1.807, 2.05) is 32.0 Å². The van der Waals surface area contributed by atoms with Gasteiger partial charge in [0.25, 0.3) is 0 Å². The number of amides is 3. The first-order valence-electron chi connectivity index (χ1n) is 9.21. The van der Waals surface area contributed by atoms with Crippen LogP contribution in [0, 0.1) is 5.41 Å². The van der Waals surface area contributed by atoms with Gasteiger partial charge in [-0.3, -0.25) is 4.79 Å². The van der Waals surface area contributed by atoms with Gasteiger partial charge in [-0.25, -0.2) is 4.79 Å². The minimum atomic E-state index is -0.447. The molecule has 2 heterocycles.